The monoisotopic (exact) mass is 902 g/mol. The first-order chi connectivity index (χ1) is 32.0. The Morgan fingerprint density at radius 3 is 0.985 bits per heavy atom. The quantitative estimate of drug-likeness (QED) is 0.0223. The van der Waals surface area contributed by atoms with Gasteiger partial charge in [-0.15, -0.1) is 0 Å². The number of hydrogen-bond donors (Lipinski definition) is 0. The molecule has 5 aromatic carbocycles. The fraction of sp³-hybridized carbons (Fsp3) is 0.231. The summed E-state index contributed by atoms with van der Waals surface area (Å²) in [4.78, 5) is 70.2. The number of methoxy groups -OCH3 is 1. The normalized spacial score (nSPS) is 9.88. The van der Waals surface area contributed by atoms with E-state index in [1.807, 2.05) is 32.9 Å². The van der Waals surface area contributed by atoms with Gasteiger partial charge in [0.1, 0.15) is 28.7 Å². The Kier molecular flexibility index (Phi) is 23.3. The molecular formula is C52H54O14. The summed E-state index contributed by atoms with van der Waals surface area (Å²) in [7, 11) is 1.30. The molecule has 0 saturated heterocycles. The van der Waals surface area contributed by atoms with Crippen LogP contribution in [0, 0.1) is 6.92 Å². The molecule has 0 amide bonds. The summed E-state index contributed by atoms with van der Waals surface area (Å²) in [5.74, 6) is -0.582. The minimum atomic E-state index is -0.532. The van der Waals surface area contributed by atoms with Crippen LogP contribution in [0.25, 0.3) is 0 Å². The van der Waals surface area contributed by atoms with Crippen molar-refractivity contribution in [3.8, 4) is 28.7 Å². The van der Waals surface area contributed by atoms with Gasteiger partial charge >= 0.3 is 35.8 Å². The highest BCUT2D eigenvalue weighted by Gasteiger charge is 2.13. The molecule has 14 heteroatoms. The van der Waals surface area contributed by atoms with Gasteiger partial charge in [-0.05, 0) is 142 Å². The van der Waals surface area contributed by atoms with E-state index in [0.717, 1.165) is 24.1 Å². The van der Waals surface area contributed by atoms with E-state index >= 15 is 0 Å². The van der Waals surface area contributed by atoms with Crippen molar-refractivity contribution in [1.29, 1.82) is 0 Å². The average molecular weight is 903 g/mol. The molecule has 346 valence electrons. The number of esters is 6. The molecule has 0 unspecified atom stereocenters. The third-order valence-electron chi connectivity index (χ3n) is 8.63. The molecule has 0 bridgehead atoms. The van der Waals surface area contributed by atoms with E-state index in [4.69, 9.17) is 33.2 Å². The van der Waals surface area contributed by atoms with Crippen molar-refractivity contribution in [3.05, 3.63) is 174 Å². The van der Waals surface area contributed by atoms with Gasteiger partial charge in [-0.3, -0.25) is 0 Å². The third kappa shape index (κ3) is 19.2. The van der Waals surface area contributed by atoms with Crippen LogP contribution in [0.3, 0.4) is 0 Å². The van der Waals surface area contributed by atoms with E-state index in [-0.39, 0.29) is 0 Å². The van der Waals surface area contributed by atoms with Gasteiger partial charge in [0.2, 0.25) is 0 Å². The predicted octanol–water partition coefficient (Wildman–Crippen LogP) is 9.93. The zero-order chi connectivity index (χ0) is 48.1. The number of carbonyl (C=O) groups excluding carboxylic acids is 6. The third-order valence-corrected chi connectivity index (χ3v) is 8.63. The summed E-state index contributed by atoms with van der Waals surface area (Å²) >= 11 is 0. The van der Waals surface area contributed by atoms with Crippen LogP contribution in [-0.2, 0) is 23.8 Å². The molecule has 0 aliphatic heterocycles. The van der Waals surface area contributed by atoms with Crippen LogP contribution < -0.4 is 23.7 Å². The Bertz CT molecular complexity index is 2320. The number of carbonyl (C=O) groups is 6. The SMILES string of the molecule is C=CC(=O)OCCCCOc1ccc(C(=O)Oc2ccc(C(=O)OC)cc2)cc1.C=CC(=O)OCCCCOc1ccc(C(=O)Oc2ccc(C(=O)Oc3ccc(C)cc3)cc2)cc1.CC. The van der Waals surface area contributed by atoms with Crippen molar-refractivity contribution in [2.75, 3.05) is 33.5 Å². The van der Waals surface area contributed by atoms with Gasteiger partial charge in [-0.1, -0.05) is 44.7 Å². The Morgan fingerprint density at radius 2 is 0.682 bits per heavy atom. The van der Waals surface area contributed by atoms with Crippen molar-refractivity contribution in [1.82, 2.24) is 0 Å². The van der Waals surface area contributed by atoms with Crippen LogP contribution in [-0.4, -0.2) is 69.4 Å². The highest BCUT2D eigenvalue weighted by Crippen LogP contribution is 2.20. The number of hydrogen-bond acceptors (Lipinski definition) is 14. The highest BCUT2D eigenvalue weighted by molar-refractivity contribution is 5.93. The Balaban J connectivity index is 0.000000343. The van der Waals surface area contributed by atoms with Crippen molar-refractivity contribution in [2.24, 2.45) is 0 Å². The molecule has 0 aliphatic rings. The van der Waals surface area contributed by atoms with Gasteiger partial charge < -0.3 is 37.9 Å². The maximum absolute atomic E-state index is 12.4. The van der Waals surface area contributed by atoms with Gasteiger partial charge in [-0.2, -0.15) is 0 Å². The Labute approximate surface area is 384 Å². The van der Waals surface area contributed by atoms with Crippen molar-refractivity contribution in [3.63, 3.8) is 0 Å². The lowest BCUT2D eigenvalue weighted by atomic mass is 10.2. The molecule has 66 heavy (non-hydrogen) atoms. The average Bonchev–Trinajstić information content (AvgIpc) is 3.35. The van der Waals surface area contributed by atoms with E-state index in [0.29, 0.717) is 96.7 Å². The minimum Gasteiger partial charge on any atom is -0.494 e. The van der Waals surface area contributed by atoms with Crippen molar-refractivity contribution >= 4 is 35.8 Å². The molecule has 0 spiro atoms. The maximum Gasteiger partial charge on any atom is 0.343 e. The first-order valence-electron chi connectivity index (χ1n) is 21.0. The van der Waals surface area contributed by atoms with Gasteiger partial charge in [0.15, 0.2) is 0 Å². The second-order valence-electron chi connectivity index (χ2n) is 13.4. The number of aryl methyl sites for hydroxylation is 1. The first-order valence-corrected chi connectivity index (χ1v) is 21.0. The summed E-state index contributed by atoms with van der Waals surface area (Å²) in [6, 6.07) is 32.5. The number of rotatable bonds is 21. The number of ether oxygens (including phenoxy) is 8. The van der Waals surface area contributed by atoms with Crippen molar-refractivity contribution in [2.45, 2.75) is 46.5 Å². The zero-order valence-electron chi connectivity index (χ0n) is 37.5. The first kappa shape index (κ1) is 52.3. The highest BCUT2D eigenvalue weighted by atomic mass is 16.6. The van der Waals surface area contributed by atoms with E-state index < -0.39 is 35.8 Å². The molecule has 5 aromatic rings. The molecule has 0 fully saturated rings. The molecule has 0 saturated carbocycles. The smallest absolute Gasteiger partial charge is 0.343 e. The molecule has 0 radical (unpaired) electrons. The fourth-order valence-corrected chi connectivity index (χ4v) is 5.17. The fourth-order valence-electron chi connectivity index (χ4n) is 5.17. The molecule has 0 heterocycles. The van der Waals surface area contributed by atoms with Gasteiger partial charge in [0, 0.05) is 12.2 Å². The summed E-state index contributed by atoms with van der Waals surface area (Å²) in [5.41, 5.74) is 2.50. The van der Waals surface area contributed by atoms with Crippen LogP contribution in [0.15, 0.2) is 147 Å². The summed E-state index contributed by atoms with van der Waals surface area (Å²) in [5, 5.41) is 0. The second kappa shape index (κ2) is 29.4. The van der Waals surface area contributed by atoms with E-state index in [2.05, 4.69) is 17.9 Å². The van der Waals surface area contributed by atoms with Crippen LogP contribution in [0.2, 0.25) is 0 Å². The molecule has 14 nitrogen and oxygen atoms in total. The minimum absolute atomic E-state index is 0.305. The molecular weight excluding hydrogens is 849 g/mol. The molecule has 5 rings (SSSR count). The van der Waals surface area contributed by atoms with Crippen LogP contribution in [0.4, 0.5) is 0 Å². The largest absolute Gasteiger partial charge is 0.494 e. The van der Waals surface area contributed by atoms with Crippen LogP contribution in [0.1, 0.15) is 86.5 Å². The zero-order valence-corrected chi connectivity index (χ0v) is 37.5. The lowest BCUT2D eigenvalue weighted by molar-refractivity contribution is -0.138. The lowest BCUT2D eigenvalue weighted by Gasteiger charge is -2.08. The standard InChI is InChI=1S/C28H26O7.C22H22O7.C2H6/c1-3-26(29)33-19-5-4-18-32-23-14-8-21(9-15-23)27(30)35-25-16-10-22(11-17-25)28(31)34-24-12-6-20(2)7-13-24;1-3-20(23)28-15-5-4-14-27-18-10-6-17(7-11-18)22(25)29-19-12-8-16(9-13-19)21(24)26-2;1-2/h3,6-17H,1,4-5,18-19H2,2H3;3,6-13H,1,4-5,14-15H2,2H3;1-2H3. The second-order valence-corrected chi connectivity index (χ2v) is 13.4. The molecule has 0 aromatic heterocycles. The molecule has 0 N–H and O–H groups in total. The maximum atomic E-state index is 12.4. The van der Waals surface area contributed by atoms with E-state index in [1.165, 1.54) is 55.6 Å². The Hall–Kier alpha value is -8.00. The summed E-state index contributed by atoms with van der Waals surface area (Å²) in [6.07, 6.45) is 5.03. The number of unbranched alkanes of at least 4 members (excludes halogenated alkanes) is 2. The van der Waals surface area contributed by atoms with E-state index in [9.17, 15) is 28.8 Å². The van der Waals surface area contributed by atoms with E-state index in [1.54, 1.807) is 60.7 Å². The predicted molar refractivity (Wildman–Crippen MR) is 246 cm³/mol. The van der Waals surface area contributed by atoms with Crippen molar-refractivity contribution < 1.29 is 66.7 Å². The topological polar surface area (TPSA) is 176 Å². The number of benzene rings is 5. The van der Waals surface area contributed by atoms with Crippen LogP contribution >= 0.6 is 0 Å². The Morgan fingerprint density at radius 1 is 0.409 bits per heavy atom. The summed E-state index contributed by atoms with van der Waals surface area (Å²) in [6.45, 7) is 14.1. The molecule has 0 atom stereocenters. The van der Waals surface area contributed by atoms with Gasteiger partial charge in [0.05, 0.1) is 55.8 Å². The van der Waals surface area contributed by atoms with Gasteiger partial charge in [-0.25, -0.2) is 28.8 Å². The summed E-state index contributed by atoms with van der Waals surface area (Å²) < 4.78 is 41.6. The molecule has 0 aliphatic carbocycles. The lowest BCUT2D eigenvalue weighted by Crippen LogP contribution is -2.10. The van der Waals surface area contributed by atoms with Crippen LogP contribution in [0.5, 0.6) is 28.7 Å². The van der Waals surface area contributed by atoms with Gasteiger partial charge in [0.25, 0.3) is 0 Å².